The van der Waals surface area contributed by atoms with Crippen molar-refractivity contribution < 1.29 is 18.7 Å². The molecule has 1 amide bonds. The van der Waals surface area contributed by atoms with E-state index in [1.54, 1.807) is 11.0 Å². The molecule has 1 saturated heterocycles. The Hall–Kier alpha value is -4.36. The third-order valence-electron chi connectivity index (χ3n) is 6.34. The van der Waals surface area contributed by atoms with Gasteiger partial charge in [0.1, 0.15) is 12.4 Å². The van der Waals surface area contributed by atoms with Gasteiger partial charge >= 0.3 is 0 Å². The smallest absolute Gasteiger partial charge is 0.267 e. The van der Waals surface area contributed by atoms with Crippen molar-refractivity contribution >= 4 is 34.6 Å². The van der Waals surface area contributed by atoms with Gasteiger partial charge in [-0.05, 0) is 84.8 Å². The molecule has 1 atom stereocenters. The topological polar surface area (TPSA) is 51.1 Å². The molecule has 5 rings (SSSR count). The summed E-state index contributed by atoms with van der Waals surface area (Å²) in [7, 11) is 0. The van der Waals surface area contributed by atoms with Gasteiger partial charge in [-0.2, -0.15) is 0 Å². The van der Waals surface area contributed by atoms with E-state index < -0.39 is 0 Å². The van der Waals surface area contributed by atoms with E-state index in [2.05, 4.69) is 0 Å². The van der Waals surface area contributed by atoms with Crippen molar-refractivity contribution in [1.29, 1.82) is 0 Å². The molecule has 1 heterocycles. The highest BCUT2D eigenvalue weighted by Crippen LogP contribution is 2.40. The molecule has 0 spiro atoms. The Morgan fingerprint density at radius 2 is 1.65 bits per heavy atom. The van der Waals surface area contributed by atoms with Gasteiger partial charge < -0.3 is 9.47 Å². The lowest BCUT2D eigenvalue weighted by molar-refractivity contribution is -0.123. The first-order chi connectivity index (χ1) is 19.5. The van der Waals surface area contributed by atoms with Gasteiger partial charge in [-0.3, -0.25) is 9.69 Å². The first-order valence-electron chi connectivity index (χ1n) is 13.1. The monoisotopic (exact) mass is 552 g/mol. The van der Waals surface area contributed by atoms with Crippen molar-refractivity contribution in [2.75, 3.05) is 6.61 Å². The maximum atomic E-state index is 13.8. The van der Waals surface area contributed by atoms with Crippen LogP contribution in [0.5, 0.6) is 11.5 Å². The zero-order chi connectivity index (χ0) is 27.9. The van der Waals surface area contributed by atoms with Crippen LogP contribution in [-0.4, -0.2) is 22.6 Å². The number of benzene rings is 4. The van der Waals surface area contributed by atoms with E-state index in [0.29, 0.717) is 28.2 Å². The molecule has 0 aromatic heterocycles. The average Bonchev–Trinajstić information content (AvgIpc) is 3.27. The SMILES string of the molecule is CCOc1cc(/C=C2/SC(=Nc3ccccc3)N([C@H](C)c3ccccc3)C2=O)ccc1OCc1cccc(F)c1. The van der Waals surface area contributed by atoms with Crippen LogP contribution in [0, 0.1) is 5.82 Å². The van der Waals surface area contributed by atoms with E-state index in [0.717, 1.165) is 22.4 Å². The summed E-state index contributed by atoms with van der Waals surface area (Å²) in [5.74, 6) is 0.679. The molecule has 0 saturated carbocycles. The minimum atomic E-state index is -0.308. The van der Waals surface area contributed by atoms with Gasteiger partial charge in [-0.25, -0.2) is 9.38 Å². The molecule has 4 aromatic carbocycles. The first-order valence-corrected chi connectivity index (χ1v) is 13.9. The lowest BCUT2D eigenvalue weighted by Gasteiger charge is -2.24. The summed E-state index contributed by atoms with van der Waals surface area (Å²) in [6.07, 6.45) is 1.85. The first kappa shape index (κ1) is 27.2. The maximum absolute atomic E-state index is 13.8. The summed E-state index contributed by atoms with van der Waals surface area (Å²) in [5, 5.41) is 0.624. The van der Waals surface area contributed by atoms with E-state index >= 15 is 0 Å². The summed E-state index contributed by atoms with van der Waals surface area (Å²) in [5.41, 5.74) is 3.32. The van der Waals surface area contributed by atoms with Crippen molar-refractivity contribution in [2.24, 2.45) is 4.99 Å². The maximum Gasteiger partial charge on any atom is 0.267 e. The van der Waals surface area contributed by atoms with Crippen LogP contribution in [0.4, 0.5) is 10.1 Å². The summed E-state index contributed by atoms with van der Waals surface area (Å²) < 4.78 is 25.4. The number of carbonyl (C=O) groups excluding carboxylic acids is 1. The Morgan fingerprint density at radius 1 is 0.900 bits per heavy atom. The highest BCUT2D eigenvalue weighted by atomic mass is 32.2. The molecule has 5 nitrogen and oxygen atoms in total. The molecule has 40 heavy (non-hydrogen) atoms. The third-order valence-corrected chi connectivity index (χ3v) is 7.32. The predicted octanol–water partition coefficient (Wildman–Crippen LogP) is 8.17. The van der Waals surface area contributed by atoms with Gasteiger partial charge in [0.15, 0.2) is 16.7 Å². The molecule has 0 aliphatic carbocycles. The average molecular weight is 553 g/mol. The molecule has 0 bridgehead atoms. The van der Waals surface area contributed by atoms with Crippen LogP contribution in [0.25, 0.3) is 6.08 Å². The number of hydrogen-bond acceptors (Lipinski definition) is 5. The molecule has 1 fully saturated rings. The minimum absolute atomic E-state index is 0.111. The zero-order valence-corrected chi connectivity index (χ0v) is 23.1. The Bertz CT molecular complexity index is 1540. The Labute approximate surface area is 238 Å². The van der Waals surface area contributed by atoms with E-state index in [1.165, 1.54) is 23.9 Å². The number of amidine groups is 1. The fourth-order valence-electron chi connectivity index (χ4n) is 4.34. The van der Waals surface area contributed by atoms with E-state index in [4.69, 9.17) is 14.5 Å². The molecular weight excluding hydrogens is 523 g/mol. The van der Waals surface area contributed by atoms with Gasteiger partial charge in [0.25, 0.3) is 5.91 Å². The highest BCUT2D eigenvalue weighted by Gasteiger charge is 2.37. The Kier molecular flexibility index (Phi) is 8.62. The lowest BCUT2D eigenvalue weighted by Crippen LogP contribution is -2.32. The summed E-state index contributed by atoms with van der Waals surface area (Å²) in [4.78, 5) is 20.9. The number of para-hydroxylation sites is 1. The number of thioether (sulfide) groups is 1. The molecule has 0 unspecified atom stereocenters. The summed E-state index contributed by atoms with van der Waals surface area (Å²) >= 11 is 1.35. The van der Waals surface area contributed by atoms with Crippen LogP contribution < -0.4 is 9.47 Å². The van der Waals surface area contributed by atoms with Crippen LogP contribution in [0.15, 0.2) is 113 Å². The van der Waals surface area contributed by atoms with Crippen molar-refractivity contribution in [1.82, 2.24) is 4.90 Å². The Morgan fingerprint density at radius 3 is 2.38 bits per heavy atom. The van der Waals surface area contributed by atoms with E-state index in [1.807, 2.05) is 105 Å². The van der Waals surface area contributed by atoms with Gasteiger partial charge in [0.2, 0.25) is 0 Å². The number of halogens is 1. The largest absolute Gasteiger partial charge is 0.490 e. The minimum Gasteiger partial charge on any atom is -0.490 e. The number of aliphatic imine (C=N–C) groups is 1. The van der Waals surface area contributed by atoms with Gasteiger partial charge in [-0.1, -0.05) is 66.7 Å². The van der Waals surface area contributed by atoms with Crippen LogP contribution in [-0.2, 0) is 11.4 Å². The summed E-state index contributed by atoms with van der Waals surface area (Å²) in [6, 6.07) is 31.2. The molecular formula is C33H29FN2O3S. The molecule has 4 aromatic rings. The molecule has 0 N–H and O–H groups in total. The van der Waals surface area contributed by atoms with Crippen molar-refractivity contribution in [3.63, 3.8) is 0 Å². The van der Waals surface area contributed by atoms with Gasteiger partial charge in [-0.15, -0.1) is 0 Å². The summed E-state index contributed by atoms with van der Waals surface area (Å²) in [6.45, 7) is 4.56. The normalized spacial score (nSPS) is 16.0. The number of hydrogen-bond donors (Lipinski definition) is 0. The van der Waals surface area contributed by atoms with Crippen molar-refractivity contribution in [3.8, 4) is 11.5 Å². The molecule has 0 radical (unpaired) electrons. The fourth-order valence-corrected chi connectivity index (χ4v) is 5.41. The van der Waals surface area contributed by atoms with E-state index in [9.17, 15) is 9.18 Å². The van der Waals surface area contributed by atoms with Crippen LogP contribution >= 0.6 is 11.8 Å². The van der Waals surface area contributed by atoms with Crippen LogP contribution in [0.3, 0.4) is 0 Å². The zero-order valence-electron chi connectivity index (χ0n) is 22.3. The molecule has 1 aliphatic rings. The lowest BCUT2D eigenvalue weighted by atomic mass is 10.1. The van der Waals surface area contributed by atoms with Gasteiger partial charge in [0.05, 0.1) is 23.2 Å². The highest BCUT2D eigenvalue weighted by molar-refractivity contribution is 8.18. The van der Waals surface area contributed by atoms with E-state index in [-0.39, 0.29) is 24.4 Å². The standard InChI is InChI=1S/C33H29FN2O3S/c1-3-38-30-20-24(17-18-29(30)39-22-25-11-10-14-27(34)19-25)21-31-32(37)36(23(2)26-12-6-4-7-13-26)33(40-31)35-28-15-8-5-9-16-28/h4-21,23H,3,22H2,1-2H3/b31-21+,35-33?/t23-/m1/s1. The molecule has 7 heteroatoms. The quantitative estimate of drug-likeness (QED) is 0.197. The van der Waals surface area contributed by atoms with Gasteiger partial charge in [0, 0.05) is 0 Å². The van der Waals surface area contributed by atoms with Crippen LogP contribution in [0.1, 0.15) is 36.6 Å². The number of carbonyl (C=O) groups is 1. The number of amides is 1. The number of rotatable bonds is 9. The second-order valence-electron chi connectivity index (χ2n) is 9.16. The van der Waals surface area contributed by atoms with Crippen molar-refractivity contribution in [3.05, 3.63) is 131 Å². The molecule has 1 aliphatic heterocycles. The van der Waals surface area contributed by atoms with Crippen molar-refractivity contribution in [2.45, 2.75) is 26.5 Å². The second-order valence-corrected chi connectivity index (χ2v) is 10.2. The number of ether oxygens (including phenoxy) is 2. The third kappa shape index (κ3) is 6.43. The number of nitrogens with zero attached hydrogens (tertiary/aromatic N) is 2. The van der Waals surface area contributed by atoms with Crippen LogP contribution in [0.2, 0.25) is 0 Å². The molecule has 202 valence electrons. The fraction of sp³-hybridized carbons (Fsp3) is 0.152. The second kappa shape index (κ2) is 12.7. The Balaban J connectivity index is 1.44. The predicted molar refractivity (Wildman–Crippen MR) is 159 cm³/mol.